The van der Waals surface area contributed by atoms with Gasteiger partial charge in [-0.15, -0.1) is 0 Å². The molecule has 1 saturated heterocycles. The summed E-state index contributed by atoms with van der Waals surface area (Å²) in [5, 5.41) is 2.74. The van der Waals surface area contributed by atoms with E-state index in [0.717, 1.165) is 10.5 Å². The minimum atomic E-state index is -0.342. The van der Waals surface area contributed by atoms with E-state index in [1.54, 1.807) is 7.11 Å². The van der Waals surface area contributed by atoms with Gasteiger partial charge in [-0.2, -0.15) is 0 Å². The molecule has 1 aromatic rings. The van der Waals surface area contributed by atoms with Crippen molar-refractivity contribution in [1.82, 2.24) is 10.2 Å². The first-order valence-electron chi connectivity index (χ1n) is 8.00. The Morgan fingerprint density at radius 3 is 2.50 bits per heavy atom. The zero-order valence-electron chi connectivity index (χ0n) is 13.5. The van der Waals surface area contributed by atoms with Gasteiger partial charge in [-0.25, -0.2) is 0 Å². The maximum Gasteiger partial charge on any atom is 0.240 e. The maximum absolute atomic E-state index is 12.3. The number of imide groups is 1. The van der Waals surface area contributed by atoms with Crippen molar-refractivity contribution in [3.05, 3.63) is 42.0 Å². The molecule has 1 aromatic carbocycles. The Balaban J connectivity index is 1.57. The van der Waals surface area contributed by atoms with E-state index < -0.39 is 0 Å². The molecule has 6 heteroatoms. The number of carbonyl (C=O) groups excluding carboxylic acids is 3. The van der Waals surface area contributed by atoms with E-state index >= 15 is 0 Å². The highest BCUT2D eigenvalue weighted by atomic mass is 16.5. The fraction of sp³-hybridized carbons (Fsp3) is 0.389. The van der Waals surface area contributed by atoms with Gasteiger partial charge in [0.2, 0.25) is 17.7 Å². The molecule has 0 spiro atoms. The van der Waals surface area contributed by atoms with Gasteiger partial charge >= 0.3 is 0 Å². The Labute approximate surface area is 140 Å². The number of likely N-dealkylation sites (tertiary alicyclic amines) is 1. The van der Waals surface area contributed by atoms with Gasteiger partial charge in [0.25, 0.3) is 0 Å². The summed E-state index contributed by atoms with van der Waals surface area (Å²) in [4.78, 5) is 37.9. The molecule has 2 atom stereocenters. The van der Waals surface area contributed by atoms with E-state index in [4.69, 9.17) is 4.74 Å². The number of amides is 3. The summed E-state index contributed by atoms with van der Waals surface area (Å²) >= 11 is 0. The zero-order chi connectivity index (χ0) is 17.1. The Hall–Kier alpha value is -2.63. The number of nitrogens with one attached hydrogen (secondary N) is 1. The Kier molecular flexibility index (Phi) is 4.64. The summed E-state index contributed by atoms with van der Waals surface area (Å²) in [6.07, 6.45) is 5.02. The van der Waals surface area contributed by atoms with Crippen LogP contribution in [0.2, 0.25) is 0 Å². The molecule has 3 amide bonds. The number of fused-ring (bicyclic) bond motifs is 1. The summed E-state index contributed by atoms with van der Waals surface area (Å²) in [7, 11) is 1.58. The molecular weight excluding hydrogens is 308 g/mol. The fourth-order valence-electron chi connectivity index (χ4n) is 3.21. The Morgan fingerprint density at radius 2 is 1.88 bits per heavy atom. The number of hydrogen-bond acceptors (Lipinski definition) is 4. The highest BCUT2D eigenvalue weighted by Gasteiger charge is 2.47. The summed E-state index contributed by atoms with van der Waals surface area (Å²) in [5.74, 6) is -0.687. The molecule has 1 aliphatic heterocycles. The van der Waals surface area contributed by atoms with Crippen LogP contribution in [0.3, 0.4) is 0 Å². The standard InChI is InChI=1S/C18H20N2O4/c1-24-13-6-4-5-12(9-13)10-19-16(21)11-20-17(22)14-7-2-3-8-15(14)18(20)23/h2-6,9,14-15H,7-8,10-11H2,1H3,(H,19,21)/t14-,15-/m1/s1. The number of methoxy groups -OCH3 is 1. The van der Waals surface area contributed by atoms with Crippen LogP contribution in [0.5, 0.6) is 5.75 Å². The molecule has 6 nitrogen and oxygen atoms in total. The number of hydrogen-bond donors (Lipinski definition) is 1. The second-order valence-electron chi connectivity index (χ2n) is 6.05. The molecule has 0 aromatic heterocycles. The second-order valence-corrected chi connectivity index (χ2v) is 6.05. The number of rotatable bonds is 5. The second kappa shape index (κ2) is 6.86. The van der Waals surface area contributed by atoms with Crippen LogP contribution in [-0.4, -0.2) is 36.3 Å². The van der Waals surface area contributed by atoms with Crippen molar-refractivity contribution in [2.45, 2.75) is 19.4 Å². The van der Waals surface area contributed by atoms with Gasteiger partial charge in [0.1, 0.15) is 12.3 Å². The van der Waals surface area contributed by atoms with Crippen LogP contribution in [0, 0.1) is 11.8 Å². The van der Waals surface area contributed by atoms with Crippen LogP contribution in [0.1, 0.15) is 18.4 Å². The van der Waals surface area contributed by atoms with Gasteiger partial charge in [0, 0.05) is 6.54 Å². The molecule has 24 heavy (non-hydrogen) atoms. The van der Waals surface area contributed by atoms with Gasteiger partial charge in [0.05, 0.1) is 18.9 Å². The Morgan fingerprint density at radius 1 is 1.21 bits per heavy atom. The number of nitrogens with zero attached hydrogens (tertiary/aromatic N) is 1. The monoisotopic (exact) mass is 328 g/mol. The summed E-state index contributed by atoms with van der Waals surface area (Å²) in [6.45, 7) is 0.106. The van der Waals surface area contributed by atoms with Crippen LogP contribution < -0.4 is 10.1 Å². The molecule has 1 N–H and O–H groups in total. The molecule has 2 aliphatic rings. The third-order valence-electron chi connectivity index (χ3n) is 4.52. The molecule has 0 unspecified atom stereocenters. The van der Waals surface area contributed by atoms with Crippen LogP contribution in [0.15, 0.2) is 36.4 Å². The smallest absolute Gasteiger partial charge is 0.240 e. The third-order valence-corrected chi connectivity index (χ3v) is 4.52. The van der Waals surface area contributed by atoms with E-state index in [1.807, 2.05) is 36.4 Å². The van der Waals surface area contributed by atoms with Crippen molar-refractivity contribution in [1.29, 1.82) is 0 Å². The van der Waals surface area contributed by atoms with Gasteiger partial charge in [-0.05, 0) is 30.5 Å². The zero-order valence-corrected chi connectivity index (χ0v) is 13.5. The van der Waals surface area contributed by atoms with Crippen molar-refractivity contribution >= 4 is 17.7 Å². The first kappa shape index (κ1) is 16.2. The Bertz CT molecular complexity index is 672. The quantitative estimate of drug-likeness (QED) is 0.652. The van der Waals surface area contributed by atoms with E-state index in [9.17, 15) is 14.4 Å². The number of allylic oxidation sites excluding steroid dienone is 2. The third kappa shape index (κ3) is 3.18. The minimum Gasteiger partial charge on any atom is -0.497 e. The number of benzene rings is 1. The molecule has 1 fully saturated rings. The predicted octanol–water partition coefficient (Wildman–Crippen LogP) is 1.26. The SMILES string of the molecule is COc1cccc(CNC(=O)CN2C(=O)[C@@H]3CC=CC[C@H]3C2=O)c1. The predicted molar refractivity (Wildman–Crippen MR) is 86.9 cm³/mol. The van der Waals surface area contributed by atoms with Crippen molar-refractivity contribution in [2.75, 3.05) is 13.7 Å². The van der Waals surface area contributed by atoms with Crippen molar-refractivity contribution in [2.24, 2.45) is 11.8 Å². The van der Waals surface area contributed by atoms with Gasteiger partial charge in [-0.1, -0.05) is 24.3 Å². The molecule has 126 valence electrons. The lowest BCUT2D eigenvalue weighted by Gasteiger charge is -2.14. The number of carbonyl (C=O) groups is 3. The van der Waals surface area contributed by atoms with Gasteiger partial charge < -0.3 is 10.1 Å². The normalized spacial score (nSPS) is 22.5. The highest BCUT2D eigenvalue weighted by molar-refractivity contribution is 6.07. The minimum absolute atomic E-state index is 0.214. The van der Waals surface area contributed by atoms with E-state index in [0.29, 0.717) is 25.1 Å². The maximum atomic E-state index is 12.3. The summed E-state index contributed by atoms with van der Waals surface area (Å²) in [6, 6.07) is 7.36. The molecule has 0 radical (unpaired) electrons. The molecule has 0 saturated carbocycles. The molecule has 0 bridgehead atoms. The molecule has 1 aliphatic carbocycles. The largest absolute Gasteiger partial charge is 0.497 e. The lowest BCUT2D eigenvalue weighted by Crippen LogP contribution is -2.40. The van der Waals surface area contributed by atoms with Crippen LogP contribution in [0.4, 0.5) is 0 Å². The van der Waals surface area contributed by atoms with E-state index in [-0.39, 0.29) is 36.1 Å². The van der Waals surface area contributed by atoms with E-state index in [1.165, 1.54) is 0 Å². The average molecular weight is 328 g/mol. The lowest BCUT2D eigenvalue weighted by atomic mass is 9.85. The van der Waals surface area contributed by atoms with Crippen molar-refractivity contribution in [3.63, 3.8) is 0 Å². The molecule has 1 heterocycles. The fourth-order valence-corrected chi connectivity index (χ4v) is 3.21. The van der Waals surface area contributed by atoms with Crippen molar-refractivity contribution < 1.29 is 19.1 Å². The van der Waals surface area contributed by atoms with Crippen LogP contribution >= 0.6 is 0 Å². The molecule has 3 rings (SSSR count). The topological polar surface area (TPSA) is 75.7 Å². The first-order valence-corrected chi connectivity index (χ1v) is 8.00. The summed E-state index contributed by atoms with van der Waals surface area (Å²) < 4.78 is 5.14. The number of ether oxygens (including phenoxy) is 1. The van der Waals surface area contributed by atoms with Gasteiger partial charge in [0.15, 0.2) is 0 Å². The van der Waals surface area contributed by atoms with E-state index in [2.05, 4.69) is 5.32 Å². The molecular formula is C18H20N2O4. The summed E-state index contributed by atoms with van der Waals surface area (Å²) in [5.41, 5.74) is 0.889. The van der Waals surface area contributed by atoms with Crippen LogP contribution in [0.25, 0.3) is 0 Å². The van der Waals surface area contributed by atoms with Gasteiger partial charge in [-0.3, -0.25) is 19.3 Å². The average Bonchev–Trinajstić information content (AvgIpc) is 2.85. The van der Waals surface area contributed by atoms with Crippen molar-refractivity contribution in [3.8, 4) is 5.75 Å². The lowest BCUT2D eigenvalue weighted by molar-refractivity contribution is -0.143. The first-order chi connectivity index (χ1) is 11.6. The highest BCUT2D eigenvalue weighted by Crippen LogP contribution is 2.34. The van der Waals surface area contributed by atoms with Crippen LogP contribution in [-0.2, 0) is 20.9 Å².